The van der Waals surface area contributed by atoms with E-state index in [0.717, 1.165) is 25.7 Å². The number of nitrogens with one attached hydrogen (secondary N) is 1. The molecule has 1 saturated heterocycles. The number of carbonyl (C=O) groups excluding carboxylic acids is 1. The summed E-state index contributed by atoms with van der Waals surface area (Å²) in [4.78, 5) is 12.6. The summed E-state index contributed by atoms with van der Waals surface area (Å²) in [5.74, 6) is -0.207. The zero-order valence-corrected chi connectivity index (χ0v) is 15.3. The Labute approximate surface area is 150 Å². The zero-order valence-electron chi connectivity index (χ0n) is 13.7. The summed E-state index contributed by atoms with van der Waals surface area (Å²) in [5, 5.41) is 2.84. The first-order valence-electron chi connectivity index (χ1n) is 8.12. The minimum Gasteiger partial charge on any atom is -0.355 e. The van der Waals surface area contributed by atoms with Crippen molar-refractivity contribution in [3.63, 3.8) is 0 Å². The van der Waals surface area contributed by atoms with Gasteiger partial charge in [-0.15, -0.1) is 12.4 Å². The summed E-state index contributed by atoms with van der Waals surface area (Å²) in [6, 6.07) is 7.68. The van der Waals surface area contributed by atoms with Crippen molar-refractivity contribution in [1.29, 1.82) is 0 Å². The zero-order chi connectivity index (χ0) is 16.7. The number of nitrogens with two attached hydrogens (primary N) is 1. The van der Waals surface area contributed by atoms with Gasteiger partial charge in [0.25, 0.3) is 0 Å². The Balaban J connectivity index is 0.00000288. The molecular weight excluding hydrogens is 350 g/mol. The number of carbonyl (C=O) groups is 1. The third-order valence-corrected chi connectivity index (χ3v) is 5.96. The van der Waals surface area contributed by atoms with E-state index in [1.807, 2.05) is 0 Å². The smallest absolute Gasteiger partial charge is 0.243 e. The summed E-state index contributed by atoms with van der Waals surface area (Å²) in [6.07, 6.45) is 3.86. The summed E-state index contributed by atoms with van der Waals surface area (Å²) >= 11 is 0. The van der Waals surface area contributed by atoms with Gasteiger partial charge in [-0.25, -0.2) is 8.42 Å². The molecule has 0 aliphatic carbocycles. The number of hydrogen-bond acceptors (Lipinski definition) is 4. The number of sulfonamides is 1. The number of amides is 1. The lowest BCUT2D eigenvalue weighted by atomic mass is 10.0. The quantitative estimate of drug-likeness (QED) is 0.706. The molecule has 0 spiro atoms. The first-order chi connectivity index (χ1) is 11.1. The first-order valence-corrected chi connectivity index (χ1v) is 9.56. The third-order valence-electron chi connectivity index (χ3n) is 4.04. The van der Waals surface area contributed by atoms with E-state index in [-0.39, 0.29) is 23.2 Å². The molecule has 1 aromatic rings. The van der Waals surface area contributed by atoms with E-state index in [4.69, 9.17) is 5.73 Å². The lowest BCUT2D eigenvalue weighted by Crippen LogP contribution is -2.51. The second-order valence-corrected chi connectivity index (χ2v) is 7.62. The van der Waals surface area contributed by atoms with Crippen LogP contribution < -0.4 is 11.1 Å². The molecule has 1 fully saturated rings. The van der Waals surface area contributed by atoms with Crippen molar-refractivity contribution in [2.45, 2.75) is 43.0 Å². The molecule has 2 rings (SSSR count). The van der Waals surface area contributed by atoms with Crippen molar-refractivity contribution in [2.24, 2.45) is 5.73 Å². The van der Waals surface area contributed by atoms with Crippen LogP contribution in [0.5, 0.6) is 0 Å². The molecule has 8 heteroatoms. The number of hydrogen-bond donors (Lipinski definition) is 2. The molecule has 1 unspecified atom stereocenters. The number of rotatable bonds is 7. The van der Waals surface area contributed by atoms with Crippen LogP contribution in [0.1, 0.15) is 32.1 Å². The van der Waals surface area contributed by atoms with Crippen LogP contribution in [0.25, 0.3) is 0 Å². The lowest BCUT2D eigenvalue weighted by Gasteiger charge is -2.33. The molecule has 1 atom stereocenters. The molecule has 0 bridgehead atoms. The number of unbranched alkanes of at least 4 members (excludes halogenated alkanes) is 1. The predicted octanol–water partition coefficient (Wildman–Crippen LogP) is 1.51. The van der Waals surface area contributed by atoms with Gasteiger partial charge in [0.2, 0.25) is 15.9 Å². The number of benzene rings is 1. The lowest BCUT2D eigenvalue weighted by molar-refractivity contribution is -0.125. The highest BCUT2D eigenvalue weighted by Gasteiger charge is 2.37. The molecular formula is C16H26ClN3O3S. The molecule has 3 N–H and O–H groups in total. The fourth-order valence-corrected chi connectivity index (χ4v) is 4.46. The average molecular weight is 376 g/mol. The van der Waals surface area contributed by atoms with E-state index in [9.17, 15) is 13.2 Å². The number of piperidine rings is 1. The summed E-state index contributed by atoms with van der Waals surface area (Å²) in [7, 11) is -3.64. The van der Waals surface area contributed by atoms with Crippen LogP contribution in [0.2, 0.25) is 0 Å². The van der Waals surface area contributed by atoms with Crippen LogP contribution in [0.15, 0.2) is 35.2 Å². The monoisotopic (exact) mass is 375 g/mol. The topological polar surface area (TPSA) is 92.5 Å². The molecule has 1 heterocycles. The highest BCUT2D eigenvalue weighted by molar-refractivity contribution is 7.89. The van der Waals surface area contributed by atoms with Gasteiger partial charge >= 0.3 is 0 Å². The highest BCUT2D eigenvalue weighted by atomic mass is 35.5. The number of halogens is 1. The molecule has 1 aliphatic heterocycles. The average Bonchev–Trinajstić information content (AvgIpc) is 2.59. The second kappa shape index (κ2) is 9.98. The summed E-state index contributed by atoms with van der Waals surface area (Å²) in [5.41, 5.74) is 5.43. The highest BCUT2D eigenvalue weighted by Crippen LogP contribution is 2.25. The molecule has 1 aliphatic rings. The van der Waals surface area contributed by atoms with E-state index in [1.165, 1.54) is 4.31 Å². The number of nitrogens with zero attached hydrogens (tertiary/aromatic N) is 1. The van der Waals surface area contributed by atoms with E-state index < -0.39 is 16.1 Å². The minimum atomic E-state index is -3.64. The van der Waals surface area contributed by atoms with Crippen molar-refractivity contribution in [1.82, 2.24) is 9.62 Å². The van der Waals surface area contributed by atoms with E-state index in [1.54, 1.807) is 30.3 Å². The van der Waals surface area contributed by atoms with E-state index in [2.05, 4.69) is 5.32 Å². The van der Waals surface area contributed by atoms with Gasteiger partial charge in [0.1, 0.15) is 6.04 Å². The molecule has 6 nitrogen and oxygen atoms in total. The van der Waals surface area contributed by atoms with Crippen LogP contribution in [0.3, 0.4) is 0 Å². The van der Waals surface area contributed by atoms with Gasteiger partial charge in [-0.1, -0.05) is 24.6 Å². The van der Waals surface area contributed by atoms with Crippen LogP contribution in [0.4, 0.5) is 0 Å². The Bertz CT molecular complexity index is 610. The van der Waals surface area contributed by atoms with Crippen molar-refractivity contribution in [3.05, 3.63) is 30.3 Å². The fourth-order valence-electron chi connectivity index (χ4n) is 2.78. The fraction of sp³-hybridized carbons (Fsp3) is 0.562. The molecule has 1 amide bonds. The second-order valence-electron chi connectivity index (χ2n) is 5.73. The van der Waals surface area contributed by atoms with E-state index >= 15 is 0 Å². The first kappa shape index (κ1) is 20.9. The molecule has 0 saturated carbocycles. The standard InChI is InChI=1S/C16H25N3O3S.ClH/c17-11-5-6-12-18-16(20)15-10-4-7-13-19(15)23(21,22)14-8-2-1-3-9-14;/h1-3,8-9,15H,4-7,10-13,17H2,(H,18,20);1H. The van der Waals surface area contributed by atoms with Gasteiger partial charge in [-0.3, -0.25) is 4.79 Å². The van der Waals surface area contributed by atoms with Crippen molar-refractivity contribution < 1.29 is 13.2 Å². The third kappa shape index (κ3) is 5.17. The SMILES string of the molecule is Cl.NCCCCNC(=O)C1CCCCN1S(=O)(=O)c1ccccc1. The summed E-state index contributed by atoms with van der Waals surface area (Å²) in [6.45, 7) is 1.51. The maximum absolute atomic E-state index is 12.8. The maximum atomic E-state index is 12.8. The molecule has 0 aromatic heterocycles. The van der Waals surface area contributed by atoms with Gasteiger partial charge in [0.05, 0.1) is 4.90 Å². The Morgan fingerprint density at radius 1 is 1.21 bits per heavy atom. The Hall–Kier alpha value is -1.15. The Morgan fingerprint density at radius 3 is 2.58 bits per heavy atom. The minimum absolute atomic E-state index is 0. The van der Waals surface area contributed by atoms with Gasteiger partial charge in [-0.05, 0) is 44.4 Å². The largest absolute Gasteiger partial charge is 0.355 e. The summed E-state index contributed by atoms with van der Waals surface area (Å²) < 4.78 is 27.0. The van der Waals surface area contributed by atoms with Crippen molar-refractivity contribution in [3.8, 4) is 0 Å². The molecule has 24 heavy (non-hydrogen) atoms. The molecule has 0 radical (unpaired) electrons. The maximum Gasteiger partial charge on any atom is 0.243 e. The van der Waals surface area contributed by atoms with Crippen molar-refractivity contribution in [2.75, 3.05) is 19.6 Å². The molecule has 136 valence electrons. The predicted molar refractivity (Wildman–Crippen MR) is 96.5 cm³/mol. The van der Waals surface area contributed by atoms with Gasteiger partial charge in [0.15, 0.2) is 0 Å². The van der Waals surface area contributed by atoms with Gasteiger partial charge in [-0.2, -0.15) is 4.31 Å². The van der Waals surface area contributed by atoms with Crippen LogP contribution in [-0.4, -0.2) is 44.3 Å². The van der Waals surface area contributed by atoms with Gasteiger partial charge < -0.3 is 11.1 Å². The van der Waals surface area contributed by atoms with E-state index in [0.29, 0.717) is 26.1 Å². The van der Waals surface area contributed by atoms with Gasteiger partial charge in [0, 0.05) is 13.1 Å². The van der Waals surface area contributed by atoms with Crippen molar-refractivity contribution >= 4 is 28.3 Å². The van der Waals surface area contributed by atoms with Crippen LogP contribution in [0, 0.1) is 0 Å². The Morgan fingerprint density at radius 2 is 1.92 bits per heavy atom. The molecule has 1 aromatic carbocycles. The Kier molecular flexibility index (Phi) is 8.69. The van der Waals surface area contributed by atoms with Crippen LogP contribution in [-0.2, 0) is 14.8 Å². The van der Waals surface area contributed by atoms with Crippen LogP contribution >= 0.6 is 12.4 Å². The normalized spacial score (nSPS) is 18.6.